The molecule has 71 heavy (non-hydrogen) atoms. The molecular weight excluding hydrogens is 911 g/mol. The summed E-state index contributed by atoms with van der Waals surface area (Å²) in [6.45, 7) is 6.30. The normalized spacial score (nSPS) is 21.2. The second kappa shape index (κ2) is 23.5. The molecule has 5 aromatic rings. The van der Waals surface area contributed by atoms with Crippen molar-refractivity contribution in [1.29, 1.82) is 0 Å². The minimum absolute atomic E-state index is 0.0402. The molecule has 20 heteroatoms. The van der Waals surface area contributed by atoms with Crippen LogP contribution in [0.25, 0.3) is 11.3 Å². The number of nitrogens with zero attached hydrogens (tertiary/aromatic N) is 9. The number of aryl methyl sites for hydroxylation is 1. The average Bonchev–Trinajstić information content (AvgIpc) is 4.08. The van der Waals surface area contributed by atoms with E-state index in [0.29, 0.717) is 61.1 Å². The molecule has 6 N–H and O–H groups in total. The molecular formula is C51H68F2N14O4. The van der Waals surface area contributed by atoms with Crippen molar-refractivity contribution >= 4 is 40.6 Å². The van der Waals surface area contributed by atoms with Gasteiger partial charge in [0.25, 0.3) is 11.8 Å². The van der Waals surface area contributed by atoms with Gasteiger partial charge in [0.1, 0.15) is 11.4 Å². The number of carbonyl (C=O) groups is 4. The Morgan fingerprint density at radius 3 is 1.85 bits per heavy atom. The fourth-order valence-electron chi connectivity index (χ4n) is 10.5. The number of rotatable bonds is 15. The number of halogens is 2. The lowest BCUT2D eigenvalue weighted by Gasteiger charge is -2.33. The molecule has 9 rings (SSSR count). The van der Waals surface area contributed by atoms with E-state index >= 15 is 0 Å². The van der Waals surface area contributed by atoms with Gasteiger partial charge in [-0.3, -0.25) is 28.9 Å². The Labute approximate surface area is 412 Å². The van der Waals surface area contributed by atoms with Gasteiger partial charge in [0.05, 0.1) is 47.3 Å². The van der Waals surface area contributed by atoms with Gasteiger partial charge in [0.2, 0.25) is 17.7 Å². The molecule has 0 radical (unpaired) electrons. The molecule has 4 unspecified atom stereocenters. The number of hydrogen-bond acceptors (Lipinski definition) is 11. The number of carbonyl (C=O) groups excluding carboxylic acids is 4. The number of alkyl halides is 2. The van der Waals surface area contributed by atoms with Crippen LogP contribution >= 0.6 is 0 Å². The second-order valence-electron chi connectivity index (χ2n) is 19.4. The van der Waals surface area contributed by atoms with Gasteiger partial charge in [0, 0.05) is 69.9 Å². The van der Waals surface area contributed by atoms with Crippen LogP contribution in [0.4, 0.5) is 8.78 Å². The third-order valence-electron chi connectivity index (χ3n) is 14.4. The molecule has 4 atom stereocenters. The molecule has 2 aliphatic heterocycles. The van der Waals surface area contributed by atoms with E-state index in [9.17, 15) is 28.0 Å². The largest absolute Gasteiger partial charge is 0.405 e. The zero-order valence-electron chi connectivity index (χ0n) is 40.9. The lowest BCUT2D eigenvalue weighted by atomic mass is 9.81. The highest BCUT2D eigenvalue weighted by Crippen LogP contribution is 2.41. The third kappa shape index (κ3) is 12.8. The molecule has 0 bridgehead atoms. The average molecular weight is 979 g/mol. The van der Waals surface area contributed by atoms with Crippen molar-refractivity contribution < 1.29 is 28.0 Å². The van der Waals surface area contributed by atoms with Gasteiger partial charge < -0.3 is 27.0 Å². The molecule has 18 nitrogen and oxygen atoms in total. The predicted octanol–water partition coefficient (Wildman–Crippen LogP) is 6.17. The number of imidazole rings is 2. The van der Waals surface area contributed by atoms with Crippen molar-refractivity contribution in [2.24, 2.45) is 34.4 Å². The summed E-state index contributed by atoms with van der Waals surface area (Å²) in [4.78, 5) is 64.5. The highest BCUT2D eigenvalue weighted by Gasteiger charge is 2.40. The number of piperidine rings is 2. The van der Waals surface area contributed by atoms with Crippen molar-refractivity contribution in [2.75, 3.05) is 19.6 Å². The molecule has 2 saturated carbocycles. The minimum Gasteiger partial charge on any atom is -0.405 e. The first kappa shape index (κ1) is 50.8. The van der Waals surface area contributed by atoms with Gasteiger partial charge >= 0.3 is 0 Å². The lowest BCUT2D eigenvalue weighted by Crippen LogP contribution is -2.38. The summed E-state index contributed by atoms with van der Waals surface area (Å²) >= 11 is 0. The number of nitrogens with one attached hydrogen (secondary N) is 4. The van der Waals surface area contributed by atoms with E-state index in [1.165, 1.54) is 19.0 Å². The van der Waals surface area contributed by atoms with Crippen LogP contribution in [0.2, 0.25) is 0 Å². The van der Waals surface area contributed by atoms with Gasteiger partial charge in [-0.15, -0.1) is 0 Å². The quantitative estimate of drug-likeness (QED) is 0.0591. The smallest absolute Gasteiger partial charge is 0.270 e. The van der Waals surface area contributed by atoms with Gasteiger partial charge in [-0.2, -0.15) is 15.3 Å². The fraction of sp³-hybridized carbons (Fsp3) is 0.569. The summed E-state index contributed by atoms with van der Waals surface area (Å²) in [7, 11) is 0. The van der Waals surface area contributed by atoms with Crippen LogP contribution < -0.4 is 27.0 Å². The Morgan fingerprint density at radius 2 is 1.32 bits per heavy atom. The van der Waals surface area contributed by atoms with Gasteiger partial charge in [-0.05, 0) is 120 Å². The number of aliphatic imine (C=N–C) groups is 1. The molecule has 380 valence electrons. The SMILES string of the molecule is CCN=C(/C=C\N)C(=O)NC(c1cn2nc(CC3CCCNC3=O)ccc2n1)C1CCCCCC1.CCn1nccc1C(=O)NC(c1cn2nc(CC3CCCNC3=O)ccc2n1)C1CCC(F)(F)CC1. The molecule has 2 saturated heterocycles. The standard InChI is InChI=1S/C26H37N7O2.C25H31F2N7O2/c1-2-28-21(13-14-27)26(35)31-24(18-8-5-3-4-6-9-18)22-17-33-23(30-22)12-11-20(32-33)16-19-10-7-15-29-25(19)34;1-2-33-20(9-13-29-33)24(36)31-22(16-7-10-25(26,27)11-8-16)19-15-34-21(30-19)6-5-18(32-34)14-17-4-3-12-28-23(17)35/h11-14,17-19,24H,2-10,15-16,27H2,1H3,(H,29,34)(H,31,35);5-6,9,13,15-17,22H,2-4,7-8,10-12,14H2,1H3,(H,28,35)(H,31,36)/b14-13-,28-21?;. The van der Waals surface area contributed by atoms with E-state index in [4.69, 9.17) is 20.8 Å². The summed E-state index contributed by atoms with van der Waals surface area (Å²) in [5, 5.41) is 25.7. The lowest BCUT2D eigenvalue weighted by molar-refractivity contribution is -0.127. The Hall–Kier alpha value is -6.60. The molecule has 4 fully saturated rings. The van der Waals surface area contributed by atoms with Crippen LogP contribution in [0.1, 0.15) is 149 Å². The van der Waals surface area contributed by atoms with Gasteiger partial charge in [0.15, 0.2) is 11.3 Å². The van der Waals surface area contributed by atoms with Crippen LogP contribution in [0.5, 0.6) is 0 Å². The molecule has 2 aliphatic carbocycles. The van der Waals surface area contributed by atoms with E-state index < -0.39 is 12.0 Å². The van der Waals surface area contributed by atoms with Crippen molar-refractivity contribution in [3.8, 4) is 0 Å². The molecule has 0 aromatic carbocycles. The van der Waals surface area contributed by atoms with E-state index in [1.54, 1.807) is 38.2 Å². The van der Waals surface area contributed by atoms with Crippen LogP contribution in [0, 0.1) is 23.7 Å². The molecule has 7 heterocycles. The first-order chi connectivity index (χ1) is 34.4. The predicted molar refractivity (Wildman–Crippen MR) is 263 cm³/mol. The Balaban J connectivity index is 0.000000191. The third-order valence-corrected chi connectivity index (χ3v) is 14.4. The summed E-state index contributed by atoms with van der Waals surface area (Å²) < 4.78 is 32.8. The number of hydrogen-bond donors (Lipinski definition) is 5. The number of nitrogens with two attached hydrogens (primary N) is 1. The first-order valence-corrected chi connectivity index (χ1v) is 25.6. The van der Waals surface area contributed by atoms with Crippen LogP contribution in [-0.4, -0.2) is 93.9 Å². The first-order valence-electron chi connectivity index (χ1n) is 25.6. The Bertz CT molecular complexity index is 2690. The maximum atomic E-state index is 13.9. The van der Waals surface area contributed by atoms with Gasteiger partial charge in [-0.25, -0.2) is 27.8 Å². The fourth-order valence-corrected chi connectivity index (χ4v) is 10.5. The topological polar surface area (TPSA) is 233 Å². The van der Waals surface area contributed by atoms with Crippen molar-refractivity contribution in [3.63, 3.8) is 0 Å². The highest BCUT2D eigenvalue weighted by molar-refractivity contribution is 6.43. The molecule has 4 amide bonds. The second-order valence-corrected chi connectivity index (χ2v) is 19.4. The zero-order chi connectivity index (χ0) is 49.9. The Morgan fingerprint density at radius 1 is 0.775 bits per heavy atom. The zero-order valence-corrected chi connectivity index (χ0v) is 40.9. The highest BCUT2D eigenvalue weighted by atomic mass is 19.3. The van der Waals surface area contributed by atoms with Crippen LogP contribution in [0.3, 0.4) is 0 Å². The molecule has 5 aromatic heterocycles. The van der Waals surface area contributed by atoms with Crippen molar-refractivity contribution in [3.05, 3.63) is 89.7 Å². The number of fused-ring (bicyclic) bond motifs is 2. The van der Waals surface area contributed by atoms with Crippen molar-refractivity contribution in [1.82, 2.24) is 60.2 Å². The van der Waals surface area contributed by atoms with Crippen molar-refractivity contribution in [2.45, 2.75) is 141 Å². The maximum absolute atomic E-state index is 13.9. The van der Waals surface area contributed by atoms with Gasteiger partial charge in [-0.1, -0.05) is 25.7 Å². The number of amides is 4. The minimum atomic E-state index is -2.67. The maximum Gasteiger partial charge on any atom is 0.270 e. The van der Waals surface area contributed by atoms with Crippen LogP contribution in [-0.2, 0) is 33.8 Å². The summed E-state index contributed by atoms with van der Waals surface area (Å²) in [6.07, 6.45) is 19.9. The van der Waals surface area contributed by atoms with E-state index in [2.05, 4.69) is 36.5 Å². The van der Waals surface area contributed by atoms with Crippen LogP contribution in [0.15, 0.2) is 66.2 Å². The summed E-state index contributed by atoms with van der Waals surface area (Å²) in [6, 6.07) is 8.47. The Kier molecular flexibility index (Phi) is 16.8. The number of aromatic nitrogens is 8. The van der Waals surface area contributed by atoms with E-state index in [-0.39, 0.29) is 73.1 Å². The van der Waals surface area contributed by atoms with E-state index in [0.717, 1.165) is 80.6 Å². The van der Waals surface area contributed by atoms with E-state index in [1.807, 2.05) is 44.3 Å². The molecule has 0 spiro atoms. The summed E-state index contributed by atoms with van der Waals surface area (Å²) in [5.41, 5.74) is 10.6. The molecule has 4 aliphatic rings. The monoisotopic (exact) mass is 979 g/mol. The summed E-state index contributed by atoms with van der Waals surface area (Å²) in [5.74, 6) is -3.10.